The second-order valence-electron chi connectivity index (χ2n) is 3.00. The van der Waals surface area contributed by atoms with E-state index in [2.05, 4.69) is 0 Å². The van der Waals surface area contributed by atoms with E-state index in [4.69, 9.17) is 0 Å². The van der Waals surface area contributed by atoms with Gasteiger partial charge in [-0.15, -0.1) is 0 Å². The number of benzene rings is 2. The number of hydrogen-bond acceptors (Lipinski definition) is 3. The summed E-state index contributed by atoms with van der Waals surface area (Å²) in [6.07, 6.45) is 0. The van der Waals surface area contributed by atoms with Crippen molar-refractivity contribution < 1.29 is 44.6 Å². The Morgan fingerprint density at radius 2 is 1.93 bits per heavy atom. The Kier molecular flexibility index (Phi) is 3.74. The van der Waals surface area contributed by atoms with E-state index in [1.54, 1.807) is 18.2 Å². The molecule has 0 amide bonds. The molecular formula is C11H7NaO3. The minimum atomic E-state index is -1.24. The maximum Gasteiger partial charge on any atom is 1.00 e. The Morgan fingerprint density at radius 3 is 2.60 bits per heavy atom. The summed E-state index contributed by atoms with van der Waals surface area (Å²) in [6.45, 7) is 0. The minimum Gasteiger partial charge on any atom is -0.545 e. The Labute approximate surface area is 109 Å². The zero-order valence-corrected chi connectivity index (χ0v) is 10.2. The number of carboxylic acids is 1. The van der Waals surface area contributed by atoms with Gasteiger partial charge in [0, 0.05) is 5.39 Å². The minimum absolute atomic E-state index is 0. The number of carbonyl (C=O) groups is 1. The molecule has 2 aromatic rings. The van der Waals surface area contributed by atoms with Gasteiger partial charge in [-0.25, -0.2) is 0 Å². The third-order valence-corrected chi connectivity index (χ3v) is 2.09. The molecule has 2 aromatic carbocycles. The van der Waals surface area contributed by atoms with Crippen molar-refractivity contribution in [3.63, 3.8) is 0 Å². The van der Waals surface area contributed by atoms with E-state index in [1.807, 2.05) is 0 Å². The van der Waals surface area contributed by atoms with Crippen molar-refractivity contribution in [2.24, 2.45) is 0 Å². The van der Waals surface area contributed by atoms with Crippen LogP contribution in [0.15, 0.2) is 36.4 Å². The molecule has 70 valence electrons. The summed E-state index contributed by atoms with van der Waals surface area (Å²) in [4.78, 5) is 10.6. The van der Waals surface area contributed by atoms with Crippen LogP contribution in [0.25, 0.3) is 10.8 Å². The fraction of sp³-hybridized carbons (Fsp3) is 0. The van der Waals surface area contributed by atoms with Crippen LogP contribution in [0.2, 0.25) is 0 Å². The van der Waals surface area contributed by atoms with E-state index in [-0.39, 0.29) is 40.9 Å². The van der Waals surface area contributed by atoms with Crippen LogP contribution in [0.1, 0.15) is 10.4 Å². The molecule has 0 unspecified atom stereocenters. The van der Waals surface area contributed by atoms with Crippen LogP contribution in [0.4, 0.5) is 0 Å². The topological polar surface area (TPSA) is 60.4 Å². The molecule has 0 atom stereocenters. The van der Waals surface area contributed by atoms with Gasteiger partial charge >= 0.3 is 29.6 Å². The molecule has 0 aliphatic rings. The van der Waals surface area contributed by atoms with Crippen molar-refractivity contribution in [3.8, 4) is 5.75 Å². The summed E-state index contributed by atoms with van der Waals surface area (Å²) in [5, 5.41) is 21.4. The number of carbonyl (C=O) groups excluding carboxylic acids is 1. The number of aromatic hydroxyl groups is 1. The van der Waals surface area contributed by atoms with Crippen molar-refractivity contribution in [1.82, 2.24) is 0 Å². The molecule has 4 heteroatoms. The fourth-order valence-electron chi connectivity index (χ4n) is 1.38. The molecule has 15 heavy (non-hydrogen) atoms. The molecule has 0 spiro atoms. The largest absolute Gasteiger partial charge is 1.00 e. The van der Waals surface area contributed by atoms with Gasteiger partial charge in [0.1, 0.15) is 5.75 Å². The Balaban J connectivity index is 0.00000112. The quantitative estimate of drug-likeness (QED) is 0.549. The summed E-state index contributed by atoms with van der Waals surface area (Å²) in [6, 6.07) is 9.52. The Morgan fingerprint density at radius 1 is 1.20 bits per heavy atom. The molecule has 0 aliphatic carbocycles. The second kappa shape index (κ2) is 4.66. The monoisotopic (exact) mass is 210 g/mol. The summed E-state index contributed by atoms with van der Waals surface area (Å²) >= 11 is 0. The van der Waals surface area contributed by atoms with Gasteiger partial charge in [0.15, 0.2) is 0 Å². The second-order valence-corrected chi connectivity index (χ2v) is 3.00. The number of carboxylic acid groups (broad SMARTS) is 1. The molecule has 0 heterocycles. The van der Waals surface area contributed by atoms with E-state index in [0.29, 0.717) is 5.39 Å². The zero-order valence-electron chi connectivity index (χ0n) is 8.23. The van der Waals surface area contributed by atoms with Crippen LogP contribution in [-0.4, -0.2) is 11.1 Å². The smallest absolute Gasteiger partial charge is 0.545 e. The molecular weight excluding hydrogens is 203 g/mol. The van der Waals surface area contributed by atoms with E-state index in [9.17, 15) is 15.0 Å². The van der Waals surface area contributed by atoms with Gasteiger partial charge in [0.2, 0.25) is 0 Å². The Bertz CT molecular complexity index is 508. The standard InChI is InChI=1S/C11H8O3.Na/c12-10-3-1-2-7-4-5-8(11(13)14)6-9(7)10;/h1-6,12H,(H,13,14);/q;+1/p-1. The fourth-order valence-corrected chi connectivity index (χ4v) is 1.38. The van der Waals surface area contributed by atoms with Crippen LogP contribution >= 0.6 is 0 Å². The van der Waals surface area contributed by atoms with Gasteiger partial charge < -0.3 is 15.0 Å². The summed E-state index contributed by atoms with van der Waals surface area (Å²) in [5.74, 6) is -1.17. The van der Waals surface area contributed by atoms with Crippen molar-refractivity contribution in [2.75, 3.05) is 0 Å². The summed E-state index contributed by atoms with van der Waals surface area (Å²) < 4.78 is 0. The number of aromatic carboxylic acids is 1. The molecule has 1 N–H and O–H groups in total. The number of phenols is 1. The van der Waals surface area contributed by atoms with Crippen LogP contribution in [-0.2, 0) is 0 Å². The van der Waals surface area contributed by atoms with Gasteiger partial charge in [-0.3, -0.25) is 0 Å². The third-order valence-electron chi connectivity index (χ3n) is 2.09. The first kappa shape index (κ1) is 12.0. The maximum absolute atomic E-state index is 10.6. The molecule has 0 aliphatic heterocycles. The van der Waals surface area contributed by atoms with Crippen LogP contribution in [0.3, 0.4) is 0 Å². The predicted molar refractivity (Wildman–Crippen MR) is 49.9 cm³/mol. The zero-order chi connectivity index (χ0) is 10.1. The molecule has 0 radical (unpaired) electrons. The maximum atomic E-state index is 10.6. The van der Waals surface area contributed by atoms with Gasteiger partial charge in [-0.05, 0) is 23.1 Å². The van der Waals surface area contributed by atoms with Gasteiger partial charge in [-0.2, -0.15) is 0 Å². The average Bonchev–Trinajstić information content (AvgIpc) is 2.18. The first-order valence-electron chi connectivity index (χ1n) is 4.11. The van der Waals surface area contributed by atoms with Gasteiger partial charge in [0.05, 0.1) is 5.97 Å². The number of rotatable bonds is 1. The van der Waals surface area contributed by atoms with E-state index < -0.39 is 5.97 Å². The SMILES string of the molecule is O=C([O-])c1ccc2cccc(O)c2c1.[Na+]. The molecule has 2 rings (SSSR count). The van der Waals surface area contributed by atoms with E-state index in [1.165, 1.54) is 18.2 Å². The predicted octanol–water partition coefficient (Wildman–Crippen LogP) is -2.09. The molecule has 0 bridgehead atoms. The van der Waals surface area contributed by atoms with Crippen LogP contribution in [0.5, 0.6) is 5.75 Å². The normalized spacial score (nSPS) is 9.60. The van der Waals surface area contributed by atoms with E-state index >= 15 is 0 Å². The molecule has 0 aromatic heterocycles. The van der Waals surface area contributed by atoms with Crippen LogP contribution in [0, 0.1) is 0 Å². The summed E-state index contributed by atoms with van der Waals surface area (Å²) in [7, 11) is 0. The van der Waals surface area contributed by atoms with Crippen molar-refractivity contribution in [3.05, 3.63) is 42.0 Å². The first-order valence-corrected chi connectivity index (χ1v) is 4.11. The third kappa shape index (κ3) is 2.31. The molecule has 0 saturated carbocycles. The van der Waals surface area contributed by atoms with Gasteiger partial charge in [0.25, 0.3) is 0 Å². The molecule has 0 saturated heterocycles. The number of hydrogen-bond donors (Lipinski definition) is 1. The van der Waals surface area contributed by atoms with Crippen molar-refractivity contribution in [1.29, 1.82) is 0 Å². The van der Waals surface area contributed by atoms with Crippen LogP contribution < -0.4 is 34.7 Å². The number of phenolic OH excluding ortho intramolecular Hbond substituents is 1. The molecule has 3 nitrogen and oxygen atoms in total. The van der Waals surface area contributed by atoms with E-state index in [0.717, 1.165) is 5.39 Å². The number of fused-ring (bicyclic) bond motifs is 1. The molecule has 0 fully saturated rings. The van der Waals surface area contributed by atoms with Gasteiger partial charge in [-0.1, -0.05) is 24.3 Å². The average molecular weight is 210 g/mol. The van der Waals surface area contributed by atoms with Crippen molar-refractivity contribution >= 4 is 16.7 Å². The summed E-state index contributed by atoms with van der Waals surface area (Å²) in [5.41, 5.74) is 0.0685. The first-order chi connectivity index (χ1) is 6.68. The van der Waals surface area contributed by atoms with Crippen molar-refractivity contribution in [2.45, 2.75) is 0 Å². The Hall–Kier alpha value is -1.03.